The number of hydrogen-bond acceptors (Lipinski definition) is 3. The third-order valence-electron chi connectivity index (χ3n) is 4.25. The zero-order valence-corrected chi connectivity index (χ0v) is 11.4. The first-order chi connectivity index (χ1) is 8.58. The van der Waals surface area contributed by atoms with Crippen molar-refractivity contribution in [1.29, 1.82) is 0 Å². The van der Waals surface area contributed by atoms with Crippen LogP contribution in [0.1, 0.15) is 23.6 Å². The highest BCUT2D eigenvalue weighted by Gasteiger charge is 2.32. The van der Waals surface area contributed by atoms with E-state index in [9.17, 15) is 4.79 Å². The normalized spacial score (nSPS) is 25.7. The van der Waals surface area contributed by atoms with Gasteiger partial charge in [-0.2, -0.15) is 0 Å². The second-order valence-corrected chi connectivity index (χ2v) is 5.87. The molecule has 1 fully saturated rings. The van der Waals surface area contributed by atoms with Crippen molar-refractivity contribution in [2.24, 2.45) is 5.92 Å². The van der Waals surface area contributed by atoms with E-state index in [2.05, 4.69) is 11.4 Å². The van der Waals surface area contributed by atoms with Gasteiger partial charge in [-0.15, -0.1) is 0 Å². The van der Waals surface area contributed by atoms with Crippen molar-refractivity contribution < 1.29 is 0 Å². The van der Waals surface area contributed by atoms with Crippen LogP contribution in [0.2, 0.25) is 0 Å². The highest BCUT2D eigenvalue weighted by molar-refractivity contribution is 5.51. The van der Waals surface area contributed by atoms with Crippen LogP contribution in [0.4, 0.5) is 5.69 Å². The second-order valence-electron chi connectivity index (χ2n) is 5.87. The van der Waals surface area contributed by atoms with Gasteiger partial charge in [0.05, 0.1) is 0 Å². The van der Waals surface area contributed by atoms with Crippen molar-refractivity contribution in [3.8, 4) is 0 Å². The summed E-state index contributed by atoms with van der Waals surface area (Å²) in [6.07, 6.45) is 1.23. The maximum absolute atomic E-state index is 12.6. The molecule has 1 saturated heterocycles. The minimum absolute atomic E-state index is 0.187. The fraction of sp³-hybridized carbons (Fsp3) is 0.643. The third kappa shape index (κ3) is 1.67. The molecule has 2 unspecified atom stereocenters. The number of piperidine rings is 1. The summed E-state index contributed by atoms with van der Waals surface area (Å²) in [5.74, 6) is 1.13. The van der Waals surface area contributed by atoms with E-state index < -0.39 is 0 Å². The van der Waals surface area contributed by atoms with Crippen LogP contribution in [-0.4, -0.2) is 31.8 Å². The molecule has 2 aliphatic rings. The molecule has 0 aromatic carbocycles. The summed E-state index contributed by atoms with van der Waals surface area (Å²) in [5, 5.41) is 3.48. The Morgan fingerprint density at radius 1 is 1.39 bits per heavy atom. The summed E-state index contributed by atoms with van der Waals surface area (Å²) >= 11 is 0. The number of fused-ring (bicyclic) bond motifs is 4. The van der Waals surface area contributed by atoms with Gasteiger partial charge < -0.3 is 14.8 Å². The highest BCUT2D eigenvalue weighted by atomic mass is 16.1. The molecule has 0 spiro atoms. The molecule has 3 heterocycles. The molecule has 0 radical (unpaired) electrons. The molecule has 1 aromatic rings. The van der Waals surface area contributed by atoms with Gasteiger partial charge in [0.2, 0.25) is 0 Å². The Labute approximate surface area is 108 Å². The summed E-state index contributed by atoms with van der Waals surface area (Å²) < 4.78 is 2.02. The van der Waals surface area contributed by atoms with Gasteiger partial charge in [0.1, 0.15) is 5.69 Å². The lowest BCUT2D eigenvalue weighted by atomic mass is 9.83. The zero-order valence-electron chi connectivity index (χ0n) is 11.4. The first-order valence-corrected chi connectivity index (χ1v) is 6.70. The van der Waals surface area contributed by atoms with Crippen molar-refractivity contribution >= 4 is 5.69 Å². The molecule has 2 aliphatic heterocycles. The van der Waals surface area contributed by atoms with Crippen molar-refractivity contribution in [1.82, 2.24) is 9.88 Å². The predicted octanol–water partition coefficient (Wildman–Crippen LogP) is 0.929. The van der Waals surface area contributed by atoms with Gasteiger partial charge in [0.25, 0.3) is 5.56 Å². The van der Waals surface area contributed by atoms with Crippen LogP contribution >= 0.6 is 0 Å². The molecular weight excluding hydrogens is 226 g/mol. The Balaban J connectivity index is 2.18. The largest absolute Gasteiger partial charge is 0.373 e. The highest BCUT2D eigenvalue weighted by Crippen LogP contribution is 2.33. The number of aromatic nitrogens is 1. The Morgan fingerprint density at radius 3 is 2.89 bits per heavy atom. The number of nitrogens with one attached hydrogen (secondary N) is 1. The Kier molecular flexibility index (Phi) is 2.70. The fourth-order valence-electron chi connectivity index (χ4n) is 3.51. The average Bonchev–Trinajstić information content (AvgIpc) is 2.31. The topological polar surface area (TPSA) is 37.3 Å². The predicted molar refractivity (Wildman–Crippen MR) is 73.5 cm³/mol. The van der Waals surface area contributed by atoms with Gasteiger partial charge in [-0.25, -0.2) is 0 Å². The Hall–Kier alpha value is -1.29. The molecule has 2 bridgehead atoms. The van der Waals surface area contributed by atoms with E-state index in [1.54, 1.807) is 0 Å². The van der Waals surface area contributed by atoms with Gasteiger partial charge in [0.15, 0.2) is 0 Å². The Bertz CT molecular complexity index is 533. The maximum Gasteiger partial charge on any atom is 0.274 e. The first-order valence-electron chi connectivity index (χ1n) is 6.70. The number of pyridine rings is 1. The van der Waals surface area contributed by atoms with E-state index in [0.29, 0.717) is 11.8 Å². The summed E-state index contributed by atoms with van der Waals surface area (Å²) in [6, 6.07) is 2.21. The quantitative estimate of drug-likeness (QED) is 0.802. The van der Waals surface area contributed by atoms with E-state index in [-0.39, 0.29) is 5.56 Å². The molecule has 4 heteroatoms. The maximum atomic E-state index is 12.6. The monoisotopic (exact) mass is 247 g/mol. The minimum atomic E-state index is 0.187. The van der Waals surface area contributed by atoms with Crippen LogP contribution < -0.4 is 15.8 Å². The molecule has 0 amide bonds. The van der Waals surface area contributed by atoms with Crippen molar-refractivity contribution in [3.63, 3.8) is 0 Å². The molecule has 1 aromatic heterocycles. The summed E-state index contributed by atoms with van der Waals surface area (Å²) in [6.45, 7) is 4.98. The molecule has 3 rings (SSSR count). The SMILES string of the molecule is Cc1cc2n(c(=O)c1N(C)C)CC1CNCC2C1. The third-order valence-corrected chi connectivity index (χ3v) is 4.25. The van der Waals surface area contributed by atoms with Crippen LogP contribution in [0.3, 0.4) is 0 Å². The number of hydrogen-bond donors (Lipinski definition) is 1. The molecular formula is C14H21N3O. The number of nitrogens with zero attached hydrogens (tertiary/aromatic N) is 2. The fourth-order valence-corrected chi connectivity index (χ4v) is 3.51. The summed E-state index contributed by atoms with van der Waals surface area (Å²) in [4.78, 5) is 14.5. The average molecular weight is 247 g/mol. The number of aryl methyl sites for hydroxylation is 1. The first kappa shape index (κ1) is 11.8. The smallest absolute Gasteiger partial charge is 0.274 e. The molecule has 98 valence electrons. The minimum Gasteiger partial charge on any atom is -0.373 e. The van der Waals surface area contributed by atoms with Crippen molar-refractivity contribution in [3.05, 3.63) is 27.7 Å². The van der Waals surface area contributed by atoms with Gasteiger partial charge >= 0.3 is 0 Å². The summed E-state index contributed by atoms with van der Waals surface area (Å²) in [5.41, 5.74) is 3.35. The van der Waals surface area contributed by atoms with Gasteiger partial charge in [-0.05, 0) is 37.4 Å². The number of anilines is 1. The number of rotatable bonds is 1. The lowest BCUT2D eigenvalue weighted by Crippen LogP contribution is -2.45. The van der Waals surface area contributed by atoms with Crippen LogP contribution in [0.25, 0.3) is 0 Å². The van der Waals surface area contributed by atoms with Crippen molar-refractivity contribution in [2.45, 2.75) is 25.8 Å². The van der Waals surface area contributed by atoms with E-state index in [1.807, 2.05) is 30.5 Å². The molecule has 0 saturated carbocycles. The van der Waals surface area contributed by atoms with Crippen LogP contribution in [0.15, 0.2) is 10.9 Å². The lowest BCUT2D eigenvalue weighted by molar-refractivity contribution is 0.257. The standard InChI is InChI=1S/C14H21N3O/c1-9-4-12-11-5-10(6-15-7-11)8-17(12)14(18)13(9)16(2)3/h4,10-11,15H,5-8H2,1-3H3. The van der Waals surface area contributed by atoms with Crippen molar-refractivity contribution in [2.75, 3.05) is 32.1 Å². The van der Waals surface area contributed by atoms with Crippen LogP contribution in [-0.2, 0) is 6.54 Å². The van der Waals surface area contributed by atoms with Crippen LogP contribution in [0, 0.1) is 12.8 Å². The van der Waals surface area contributed by atoms with E-state index in [1.165, 1.54) is 12.1 Å². The van der Waals surface area contributed by atoms with Gasteiger partial charge in [-0.1, -0.05) is 0 Å². The molecule has 4 nitrogen and oxygen atoms in total. The summed E-state index contributed by atoms with van der Waals surface area (Å²) in [7, 11) is 3.89. The van der Waals surface area contributed by atoms with E-state index in [4.69, 9.17) is 0 Å². The molecule has 2 atom stereocenters. The lowest BCUT2D eigenvalue weighted by Gasteiger charge is -2.38. The molecule has 0 aliphatic carbocycles. The van der Waals surface area contributed by atoms with E-state index in [0.717, 1.165) is 30.9 Å². The molecule has 18 heavy (non-hydrogen) atoms. The van der Waals surface area contributed by atoms with Crippen LogP contribution in [0.5, 0.6) is 0 Å². The van der Waals surface area contributed by atoms with Gasteiger partial charge in [0, 0.05) is 38.8 Å². The zero-order chi connectivity index (χ0) is 12.9. The molecule has 1 N–H and O–H groups in total. The second kappa shape index (κ2) is 4.12. The van der Waals surface area contributed by atoms with Gasteiger partial charge in [-0.3, -0.25) is 4.79 Å². The van der Waals surface area contributed by atoms with E-state index >= 15 is 0 Å². The Morgan fingerprint density at radius 2 is 2.17 bits per heavy atom.